The molecule has 0 amide bonds. The van der Waals surface area contributed by atoms with Gasteiger partial charge in [0.15, 0.2) is 0 Å². The van der Waals surface area contributed by atoms with E-state index < -0.39 is 0 Å². The molecule has 0 saturated heterocycles. The Morgan fingerprint density at radius 2 is 2.04 bits per heavy atom. The molecule has 1 heterocycles. The van der Waals surface area contributed by atoms with Crippen molar-refractivity contribution in [1.29, 1.82) is 0 Å². The molecule has 0 aromatic heterocycles. The summed E-state index contributed by atoms with van der Waals surface area (Å²) < 4.78 is 11.0. The fraction of sp³-hybridized carbons (Fsp3) is 0.714. The van der Waals surface area contributed by atoms with Crippen molar-refractivity contribution in [1.82, 2.24) is 0 Å². The highest BCUT2D eigenvalue weighted by molar-refractivity contribution is 5.77. The minimum atomic E-state index is -0.174. The number of Topliss-reactive ketones (excluding diaryl/α,β-unsaturated/α-hetero) is 1. The molecule has 2 aliphatic carbocycles. The Morgan fingerprint density at radius 3 is 2.64 bits per heavy atom. The van der Waals surface area contributed by atoms with Crippen LogP contribution in [0.5, 0.6) is 0 Å². The van der Waals surface area contributed by atoms with E-state index in [2.05, 4.69) is 20.4 Å². The molecule has 25 heavy (non-hydrogen) atoms. The molecule has 0 radical (unpaired) electrons. The number of carbonyl (C=O) groups is 2. The molecule has 1 saturated carbocycles. The molecule has 4 heteroatoms. The van der Waals surface area contributed by atoms with E-state index >= 15 is 0 Å². The number of fused-ring (bicyclic) bond motifs is 3. The fourth-order valence-electron chi connectivity index (χ4n) is 5.46. The number of hydrogen-bond acceptors (Lipinski definition) is 4. The molecule has 0 N–H and O–H groups in total. The first-order chi connectivity index (χ1) is 11.8. The van der Waals surface area contributed by atoms with Gasteiger partial charge in [-0.1, -0.05) is 19.1 Å². The number of hydrogen-bond donors (Lipinski definition) is 0. The van der Waals surface area contributed by atoms with E-state index in [-0.39, 0.29) is 29.2 Å². The summed E-state index contributed by atoms with van der Waals surface area (Å²) in [5.41, 5.74) is 3.86. The molecular weight excluding hydrogens is 316 g/mol. The summed E-state index contributed by atoms with van der Waals surface area (Å²) in [7, 11) is 1.45. The number of carbonyl (C=O) groups excluding carboxylic acids is 2. The molecule has 1 fully saturated rings. The van der Waals surface area contributed by atoms with Crippen LogP contribution in [0.25, 0.3) is 0 Å². The summed E-state index contributed by atoms with van der Waals surface area (Å²) in [6, 6.07) is 0. The van der Waals surface area contributed by atoms with Gasteiger partial charge in [-0.3, -0.25) is 9.59 Å². The van der Waals surface area contributed by atoms with E-state index in [1.807, 2.05) is 0 Å². The lowest BCUT2D eigenvalue weighted by atomic mass is 9.51. The molecule has 1 aliphatic heterocycles. The summed E-state index contributed by atoms with van der Waals surface area (Å²) in [5.74, 6) is 0.998. The maximum atomic E-state index is 12.1. The van der Waals surface area contributed by atoms with Gasteiger partial charge in [0.1, 0.15) is 5.78 Å². The van der Waals surface area contributed by atoms with E-state index in [1.54, 1.807) is 6.92 Å². The van der Waals surface area contributed by atoms with Crippen LogP contribution in [0.2, 0.25) is 0 Å². The minimum absolute atomic E-state index is 0.0619. The Bertz CT molecular complexity index is 632. The zero-order chi connectivity index (χ0) is 18.4. The summed E-state index contributed by atoms with van der Waals surface area (Å²) in [6.45, 7) is 10.8. The van der Waals surface area contributed by atoms with Crippen LogP contribution in [-0.2, 0) is 19.1 Å². The number of methoxy groups -OCH3 is 1. The second-order valence-corrected chi connectivity index (χ2v) is 8.48. The van der Waals surface area contributed by atoms with E-state index in [1.165, 1.54) is 23.8 Å². The van der Waals surface area contributed by atoms with E-state index in [4.69, 9.17) is 9.47 Å². The largest absolute Gasteiger partial charge is 0.469 e. The zero-order valence-electron chi connectivity index (χ0n) is 15.9. The number of allylic oxidation sites excluding steroid dienone is 1. The Labute approximate surface area is 150 Å². The molecule has 138 valence electrons. The first-order valence-corrected chi connectivity index (χ1v) is 9.33. The van der Waals surface area contributed by atoms with Gasteiger partial charge in [0.05, 0.1) is 26.2 Å². The lowest BCUT2D eigenvalue weighted by Crippen LogP contribution is -2.45. The maximum Gasteiger partial charge on any atom is 0.306 e. The predicted molar refractivity (Wildman–Crippen MR) is 95.9 cm³/mol. The van der Waals surface area contributed by atoms with Crippen LogP contribution >= 0.6 is 0 Å². The van der Waals surface area contributed by atoms with E-state index in [0.717, 1.165) is 19.3 Å². The summed E-state index contributed by atoms with van der Waals surface area (Å²) in [4.78, 5) is 23.9. The third-order valence-electron chi connectivity index (χ3n) is 6.72. The third-order valence-corrected chi connectivity index (χ3v) is 6.72. The minimum Gasteiger partial charge on any atom is -0.469 e. The average molecular weight is 346 g/mol. The normalized spacial score (nSPS) is 36.8. The van der Waals surface area contributed by atoms with Gasteiger partial charge in [0.2, 0.25) is 0 Å². The molecule has 0 aromatic carbocycles. The summed E-state index contributed by atoms with van der Waals surface area (Å²) in [6.07, 6.45) is 3.87. The average Bonchev–Trinajstić information content (AvgIpc) is 2.93. The van der Waals surface area contributed by atoms with Crippen molar-refractivity contribution in [2.75, 3.05) is 13.7 Å². The topological polar surface area (TPSA) is 52.6 Å². The SMILES string of the molecule is C=C(C)[C@H]1CC[C@]2(C)C[C@H]1C1=C([C@H]2CC(=O)OC)[C@@H](CC(C)=O)OC1. The van der Waals surface area contributed by atoms with Crippen molar-refractivity contribution < 1.29 is 19.1 Å². The van der Waals surface area contributed by atoms with Gasteiger partial charge in [-0.05, 0) is 67.4 Å². The highest BCUT2D eigenvalue weighted by atomic mass is 16.5. The number of esters is 1. The van der Waals surface area contributed by atoms with Gasteiger partial charge < -0.3 is 9.47 Å². The quantitative estimate of drug-likeness (QED) is 0.560. The first kappa shape index (κ1) is 18.4. The van der Waals surface area contributed by atoms with Crippen LogP contribution in [0, 0.1) is 23.2 Å². The first-order valence-electron chi connectivity index (χ1n) is 9.33. The second kappa shape index (κ2) is 6.71. The predicted octanol–water partition coefficient (Wildman–Crippen LogP) is 3.85. The van der Waals surface area contributed by atoms with Gasteiger partial charge in [-0.25, -0.2) is 0 Å². The van der Waals surface area contributed by atoms with E-state index in [0.29, 0.717) is 31.3 Å². The van der Waals surface area contributed by atoms with Crippen LogP contribution in [0.3, 0.4) is 0 Å². The lowest BCUT2D eigenvalue weighted by molar-refractivity contribution is -0.143. The monoisotopic (exact) mass is 346 g/mol. The molecule has 3 rings (SSSR count). The van der Waals surface area contributed by atoms with Crippen molar-refractivity contribution in [3.05, 3.63) is 23.3 Å². The second-order valence-electron chi connectivity index (χ2n) is 8.48. The number of ether oxygens (including phenoxy) is 2. The van der Waals surface area contributed by atoms with Crippen molar-refractivity contribution in [3.8, 4) is 0 Å². The van der Waals surface area contributed by atoms with Gasteiger partial charge >= 0.3 is 5.97 Å². The molecular formula is C21H30O4. The molecule has 2 bridgehead atoms. The Morgan fingerprint density at radius 1 is 1.32 bits per heavy atom. The molecule has 0 spiro atoms. The third kappa shape index (κ3) is 3.21. The summed E-state index contributed by atoms with van der Waals surface area (Å²) in [5, 5.41) is 0. The highest BCUT2D eigenvalue weighted by Crippen LogP contribution is 2.60. The maximum absolute atomic E-state index is 12.1. The standard InChI is InChI=1S/C21H30O4/c1-12(2)14-6-7-21(4)10-15(14)16-11-25-18(8-13(3)22)20(16)17(21)9-19(23)24-5/h14-15,17-18H,1,6-11H2,2-5H3/t14-,15-,17-,18-,21-/m1/s1. The van der Waals surface area contributed by atoms with Crippen molar-refractivity contribution in [2.24, 2.45) is 23.2 Å². The molecule has 0 aromatic rings. The van der Waals surface area contributed by atoms with Crippen LogP contribution in [-0.4, -0.2) is 31.6 Å². The van der Waals surface area contributed by atoms with Crippen LogP contribution in [0.1, 0.15) is 52.9 Å². The number of ketones is 1. The number of rotatable bonds is 5. The Hall–Kier alpha value is -1.42. The van der Waals surface area contributed by atoms with Gasteiger partial charge in [0.25, 0.3) is 0 Å². The van der Waals surface area contributed by atoms with E-state index in [9.17, 15) is 9.59 Å². The summed E-state index contributed by atoms with van der Waals surface area (Å²) >= 11 is 0. The lowest BCUT2D eigenvalue weighted by Gasteiger charge is -2.52. The van der Waals surface area contributed by atoms with Gasteiger partial charge in [-0.2, -0.15) is 0 Å². The molecule has 0 unspecified atom stereocenters. The molecule has 3 aliphatic rings. The Balaban J connectivity index is 2.04. The molecule has 5 atom stereocenters. The van der Waals surface area contributed by atoms with Gasteiger partial charge in [-0.15, -0.1) is 0 Å². The van der Waals surface area contributed by atoms with Crippen molar-refractivity contribution in [3.63, 3.8) is 0 Å². The fourth-order valence-corrected chi connectivity index (χ4v) is 5.46. The van der Waals surface area contributed by atoms with Crippen molar-refractivity contribution >= 4 is 11.8 Å². The van der Waals surface area contributed by atoms with Crippen LogP contribution in [0.15, 0.2) is 23.3 Å². The zero-order valence-corrected chi connectivity index (χ0v) is 15.9. The van der Waals surface area contributed by atoms with Crippen LogP contribution < -0.4 is 0 Å². The Kier molecular flexibility index (Phi) is 4.93. The van der Waals surface area contributed by atoms with Gasteiger partial charge in [0, 0.05) is 6.42 Å². The van der Waals surface area contributed by atoms with Crippen molar-refractivity contribution in [2.45, 2.75) is 59.0 Å². The molecule has 4 nitrogen and oxygen atoms in total. The highest BCUT2D eigenvalue weighted by Gasteiger charge is 2.53. The smallest absolute Gasteiger partial charge is 0.306 e. The van der Waals surface area contributed by atoms with Crippen LogP contribution in [0.4, 0.5) is 0 Å².